The maximum atomic E-state index is 12.5. The summed E-state index contributed by atoms with van der Waals surface area (Å²) in [6.07, 6.45) is 4.44. The van der Waals surface area contributed by atoms with Crippen LogP contribution in [0.2, 0.25) is 0 Å². The number of piperazine rings is 1. The summed E-state index contributed by atoms with van der Waals surface area (Å²) in [5, 5.41) is 4.20. The number of aromatic nitrogens is 2. The summed E-state index contributed by atoms with van der Waals surface area (Å²) < 4.78 is 1.79. The first-order valence-electron chi connectivity index (χ1n) is 7.95. The molecular formula is C17H25Cl2N5O. The lowest BCUT2D eigenvalue weighted by Gasteiger charge is -2.36. The van der Waals surface area contributed by atoms with Crippen molar-refractivity contribution in [3.05, 3.63) is 48.3 Å². The minimum absolute atomic E-state index is 0. The third kappa shape index (κ3) is 5.36. The van der Waals surface area contributed by atoms with E-state index in [1.165, 1.54) is 0 Å². The van der Waals surface area contributed by atoms with Gasteiger partial charge in [0.2, 0.25) is 5.91 Å². The Morgan fingerprint density at radius 3 is 2.36 bits per heavy atom. The van der Waals surface area contributed by atoms with Gasteiger partial charge in [-0.2, -0.15) is 5.10 Å². The Bertz CT molecular complexity index is 656. The molecule has 1 aliphatic heterocycles. The SMILES string of the molecule is Cl.Cl.Cn1cc(N2CCN(C(=O)C(N)Cc3ccccc3)CC2)cn1. The quantitative estimate of drug-likeness (QED) is 0.865. The molecule has 25 heavy (non-hydrogen) atoms. The third-order valence-corrected chi connectivity index (χ3v) is 4.26. The van der Waals surface area contributed by atoms with Crippen molar-refractivity contribution >= 4 is 36.4 Å². The van der Waals surface area contributed by atoms with Crippen LogP contribution in [0.5, 0.6) is 0 Å². The van der Waals surface area contributed by atoms with Crippen molar-refractivity contribution < 1.29 is 4.79 Å². The zero-order chi connectivity index (χ0) is 16.2. The lowest BCUT2D eigenvalue weighted by Crippen LogP contribution is -2.53. The average Bonchev–Trinajstić information content (AvgIpc) is 3.02. The summed E-state index contributed by atoms with van der Waals surface area (Å²) in [6, 6.07) is 9.45. The van der Waals surface area contributed by atoms with Crippen LogP contribution in [0.15, 0.2) is 42.7 Å². The largest absolute Gasteiger partial charge is 0.365 e. The van der Waals surface area contributed by atoms with E-state index in [0.29, 0.717) is 19.5 Å². The van der Waals surface area contributed by atoms with Crippen LogP contribution in [0.25, 0.3) is 0 Å². The Morgan fingerprint density at radius 1 is 1.16 bits per heavy atom. The molecule has 1 unspecified atom stereocenters. The molecule has 1 aromatic carbocycles. The Balaban J connectivity index is 0.00000156. The van der Waals surface area contributed by atoms with E-state index in [0.717, 1.165) is 24.3 Å². The molecule has 1 aromatic heterocycles. The van der Waals surface area contributed by atoms with Gasteiger partial charge in [0.25, 0.3) is 0 Å². The topological polar surface area (TPSA) is 67.4 Å². The highest BCUT2D eigenvalue weighted by atomic mass is 35.5. The average molecular weight is 386 g/mol. The third-order valence-electron chi connectivity index (χ3n) is 4.26. The Morgan fingerprint density at radius 2 is 1.80 bits per heavy atom. The van der Waals surface area contributed by atoms with Gasteiger partial charge in [0.1, 0.15) is 0 Å². The first kappa shape index (κ1) is 21.3. The van der Waals surface area contributed by atoms with Crippen LogP contribution in [0.3, 0.4) is 0 Å². The fraction of sp³-hybridized carbons (Fsp3) is 0.412. The van der Waals surface area contributed by atoms with Gasteiger partial charge in [0.05, 0.1) is 17.9 Å². The maximum absolute atomic E-state index is 12.5. The number of amides is 1. The van der Waals surface area contributed by atoms with Gasteiger partial charge in [-0.05, 0) is 12.0 Å². The molecule has 0 aliphatic carbocycles. The van der Waals surface area contributed by atoms with E-state index < -0.39 is 6.04 Å². The highest BCUT2D eigenvalue weighted by Gasteiger charge is 2.25. The van der Waals surface area contributed by atoms with E-state index >= 15 is 0 Å². The molecule has 8 heteroatoms. The predicted octanol–water partition coefficient (Wildman–Crippen LogP) is 1.48. The molecule has 1 amide bonds. The Hall–Kier alpha value is -1.76. The van der Waals surface area contributed by atoms with Crippen molar-refractivity contribution in [3.8, 4) is 0 Å². The second kappa shape index (κ2) is 9.65. The van der Waals surface area contributed by atoms with Crippen molar-refractivity contribution in [2.24, 2.45) is 12.8 Å². The molecule has 0 radical (unpaired) electrons. The zero-order valence-electron chi connectivity index (χ0n) is 14.2. The number of aryl methyl sites for hydroxylation is 1. The minimum Gasteiger partial charge on any atom is -0.365 e. The highest BCUT2D eigenvalue weighted by molar-refractivity contribution is 5.85. The standard InChI is InChI=1S/C17H23N5O.2ClH/c1-20-13-15(12-19-20)21-7-9-22(10-8-21)17(23)16(18)11-14-5-3-2-4-6-14;;/h2-6,12-13,16H,7-11,18H2,1H3;2*1H. The summed E-state index contributed by atoms with van der Waals surface area (Å²) >= 11 is 0. The number of hydrogen-bond donors (Lipinski definition) is 1. The number of carbonyl (C=O) groups excluding carboxylic acids is 1. The summed E-state index contributed by atoms with van der Waals surface area (Å²) in [7, 11) is 1.91. The van der Waals surface area contributed by atoms with E-state index in [-0.39, 0.29) is 30.7 Å². The second-order valence-corrected chi connectivity index (χ2v) is 5.98. The Kier molecular flexibility index (Phi) is 8.22. The Labute approximate surface area is 160 Å². The molecule has 1 fully saturated rings. The summed E-state index contributed by atoms with van der Waals surface area (Å²) in [4.78, 5) is 16.6. The molecule has 2 N–H and O–H groups in total. The molecule has 2 aromatic rings. The molecule has 1 saturated heterocycles. The minimum atomic E-state index is -0.470. The van der Waals surface area contributed by atoms with Crippen LogP contribution in [0.1, 0.15) is 5.56 Å². The van der Waals surface area contributed by atoms with Crippen molar-refractivity contribution in [2.75, 3.05) is 31.1 Å². The van der Waals surface area contributed by atoms with E-state index in [4.69, 9.17) is 5.73 Å². The van der Waals surface area contributed by atoms with Gasteiger partial charge in [-0.15, -0.1) is 24.8 Å². The second-order valence-electron chi connectivity index (χ2n) is 5.98. The molecular weight excluding hydrogens is 361 g/mol. The number of hydrogen-bond acceptors (Lipinski definition) is 4. The first-order chi connectivity index (χ1) is 11.1. The van der Waals surface area contributed by atoms with Crippen LogP contribution in [-0.2, 0) is 18.3 Å². The molecule has 1 atom stereocenters. The van der Waals surface area contributed by atoms with Crippen molar-refractivity contribution in [1.29, 1.82) is 0 Å². The van der Waals surface area contributed by atoms with E-state index in [1.54, 1.807) is 4.68 Å². The molecule has 3 rings (SSSR count). The number of anilines is 1. The number of nitrogens with zero attached hydrogens (tertiary/aromatic N) is 4. The molecule has 6 nitrogen and oxygen atoms in total. The highest BCUT2D eigenvalue weighted by Crippen LogP contribution is 2.15. The van der Waals surface area contributed by atoms with Crippen LogP contribution < -0.4 is 10.6 Å². The maximum Gasteiger partial charge on any atom is 0.239 e. The molecule has 2 heterocycles. The fourth-order valence-electron chi connectivity index (χ4n) is 2.95. The van der Waals surface area contributed by atoms with E-state index in [1.807, 2.05) is 54.7 Å². The summed E-state index contributed by atoms with van der Waals surface area (Å²) in [6.45, 7) is 3.04. The van der Waals surface area contributed by atoms with Crippen LogP contribution >= 0.6 is 24.8 Å². The molecule has 0 saturated carbocycles. The first-order valence-corrected chi connectivity index (χ1v) is 7.95. The fourth-order valence-corrected chi connectivity index (χ4v) is 2.95. The van der Waals surface area contributed by atoms with Crippen molar-refractivity contribution in [2.45, 2.75) is 12.5 Å². The molecule has 138 valence electrons. The zero-order valence-corrected chi connectivity index (χ0v) is 15.9. The smallest absolute Gasteiger partial charge is 0.239 e. The lowest BCUT2D eigenvalue weighted by atomic mass is 10.1. The lowest BCUT2D eigenvalue weighted by molar-refractivity contribution is -0.132. The number of carbonyl (C=O) groups is 1. The van der Waals surface area contributed by atoms with Gasteiger partial charge in [-0.25, -0.2) is 0 Å². The van der Waals surface area contributed by atoms with Gasteiger partial charge < -0.3 is 15.5 Å². The molecule has 0 bridgehead atoms. The van der Waals surface area contributed by atoms with E-state index in [9.17, 15) is 4.79 Å². The number of nitrogens with two attached hydrogens (primary N) is 1. The van der Waals surface area contributed by atoms with Gasteiger partial charge in [0.15, 0.2) is 0 Å². The van der Waals surface area contributed by atoms with Gasteiger partial charge in [0, 0.05) is 39.4 Å². The van der Waals surface area contributed by atoms with Crippen molar-refractivity contribution in [3.63, 3.8) is 0 Å². The number of rotatable bonds is 4. The monoisotopic (exact) mass is 385 g/mol. The van der Waals surface area contributed by atoms with Crippen LogP contribution in [0.4, 0.5) is 5.69 Å². The number of benzene rings is 1. The van der Waals surface area contributed by atoms with Gasteiger partial charge >= 0.3 is 0 Å². The molecule has 0 spiro atoms. The molecule has 1 aliphatic rings. The number of halogens is 2. The van der Waals surface area contributed by atoms with Crippen LogP contribution in [0, 0.1) is 0 Å². The summed E-state index contributed by atoms with van der Waals surface area (Å²) in [5.41, 5.74) is 8.32. The van der Waals surface area contributed by atoms with Crippen molar-refractivity contribution in [1.82, 2.24) is 14.7 Å². The van der Waals surface area contributed by atoms with Gasteiger partial charge in [-0.3, -0.25) is 9.48 Å². The predicted molar refractivity (Wildman–Crippen MR) is 105 cm³/mol. The summed E-state index contributed by atoms with van der Waals surface area (Å²) in [5.74, 6) is 0.0414. The van der Waals surface area contributed by atoms with Crippen LogP contribution in [-0.4, -0.2) is 52.8 Å². The van der Waals surface area contributed by atoms with E-state index in [2.05, 4.69) is 10.00 Å². The van der Waals surface area contributed by atoms with Gasteiger partial charge in [-0.1, -0.05) is 30.3 Å². The normalized spacial score (nSPS) is 15.1.